The van der Waals surface area contributed by atoms with Gasteiger partial charge in [-0.15, -0.1) is 0 Å². The molecule has 1 atom stereocenters. The molecule has 0 spiro atoms. The number of aliphatic hydroxyl groups is 1. The van der Waals surface area contributed by atoms with Gasteiger partial charge in [0.05, 0.1) is 5.92 Å². The molecule has 0 radical (unpaired) electrons. The molecule has 1 aromatic rings. The summed E-state index contributed by atoms with van der Waals surface area (Å²) in [6.07, 6.45) is 1.80. The van der Waals surface area contributed by atoms with Crippen LogP contribution in [0.4, 0.5) is 5.82 Å². The zero-order chi connectivity index (χ0) is 12.4. The Hall–Kier alpha value is -1.82. The van der Waals surface area contributed by atoms with Crippen molar-refractivity contribution in [2.24, 2.45) is 11.0 Å². The molecule has 0 saturated carbocycles. The Bertz CT molecular complexity index is 472. The van der Waals surface area contributed by atoms with Crippen LogP contribution in [0.5, 0.6) is 0 Å². The molecule has 90 valence electrons. The van der Waals surface area contributed by atoms with Crippen LogP contribution in [0, 0.1) is 12.8 Å². The Morgan fingerprint density at radius 3 is 2.82 bits per heavy atom. The maximum absolute atomic E-state index is 12.1. The van der Waals surface area contributed by atoms with Crippen molar-refractivity contribution in [3.05, 3.63) is 18.1 Å². The van der Waals surface area contributed by atoms with Gasteiger partial charge < -0.3 is 5.11 Å². The van der Waals surface area contributed by atoms with E-state index in [4.69, 9.17) is 5.11 Å². The molecular formula is C11H14N4O2. The van der Waals surface area contributed by atoms with Crippen LogP contribution in [-0.2, 0) is 4.79 Å². The van der Waals surface area contributed by atoms with E-state index in [0.717, 1.165) is 5.69 Å². The topological polar surface area (TPSA) is 78.7 Å². The molecule has 0 fully saturated rings. The number of aliphatic hydroxyl groups excluding tert-OH is 1. The highest BCUT2D eigenvalue weighted by Gasteiger charge is 2.34. The smallest absolute Gasteiger partial charge is 0.257 e. The lowest BCUT2D eigenvalue weighted by molar-refractivity contribution is -0.120. The Balaban J connectivity index is 2.27. The number of rotatable bonds is 3. The quantitative estimate of drug-likeness (QED) is 0.826. The Morgan fingerprint density at radius 1 is 1.41 bits per heavy atom. The first-order valence-electron chi connectivity index (χ1n) is 5.42. The van der Waals surface area contributed by atoms with Gasteiger partial charge in [0.1, 0.15) is 6.33 Å². The number of carbonyl (C=O) groups is 1. The second-order valence-corrected chi connectivity index (χ2v) is 3.97. The molecule has 1 aliphatic heterocycles. The fourth-order valence-electron chi connectivity index (χ4n) is 1.78. The van der Waals surface area contributed by atoms with Gasteiger partial charge in [-0.05, 0) is 20.3 Å². The number of aromatic nitrogens is 2. The summed E-state index contributed by atoms with van der Waals surface area (Å²) < 4.78 is 0. The van der Waals surface area contributed by atoms with Crippen LogP contribution in [0.15, 0.2) is 17.5 Å². The number of hydrogen-bond donors (Lipinski definition) is 1. The van der Waals surface area contributed by atoms with E-state index in [2.05, 4.69) is 15.1 Å². The molecule has 6 nitrogen and oxygen atoms in total. The van der Waals surface area contributed by atoms with E-state index in [0.29, 0.717) is 18.0 Å². The number of aryl methyl sites for hydroxylation is 1. The average Bonchev–Trinajstić information content (AvgIpc) is 2.57. The maximum Gasteiger partial charge on any atom is 0.257 e. The van der Waals surface area contributed by atoms with Gasteiger partial charge in [-0.1, -0.05) is 0 Å². The summed E-state index contributed by atoms with van der Waals surface area (Å²) in [5.74, 6) is -0.00721. The molecule has 6 heteroatoms. The highest BCUT2D eigenvalue weighted by atomic mass is 16.3. The number of nitrogens with zero attached hydrogens (tertiary/aromatic N) is 4. The van der Waals surface area contributed by atoms with E-state index in [1.54, 1.807) is 13.0 Å². The lowest BCUT2D eigenvalue weighted by Gasteiger charge is -2.12. The van der Waals surface area contributed by atoms with Crippen molar-refractivity contribution < 1.29 is 9.90 Å². The van der Waals surface area contributed by atoms with Crippen molar-refractivity contribution in [2.75, 3.05) is 11.6 Å². The third kappa shape index (κ3) is 2.16. The number of hydrogen-bond acceptors (Lipinski definition) is 5. The van der Waals surface area contributed by atoms with E-state index < -0.39 is 0 Å². The summed E-state index contributed by atoms with van der Waals surface area (Å²) in [6, 6.07) is 1.70. The Kier molecular flexibility index (Phi) is 3.14. The summed E-state index contributed by atoms with van der Waals surface area (Å²) in [5.41, 5.74) is 1.49. The number of amides is 1. The molecule has 1 N–H and O–H groups in total. The first-order chi connectivity index (χ1) is 8.13. The summed E-state index contributed by atoms with van der Waals surface area (Å²) in [7, 11) is 0. The van der Waals surface area contributed by atoms with Crippen LogP contribution in [-0.4, -0.2) is 33.3 Å². The Morgan fingerprint density at radius 2 is 2.18 bits per heavy atom. The average molecular weight is 234 g/mol. The normalized spacial score (nSPS) is 19.7. The van der Waals surface area contributed by atoms with Crippen LogP contribution < -0.4 is 5.01 Å². The highest BCUT2D eigenvalue weighted by molar-refractivity contribution is 6.14. The predicted octanol–water partition coefficient (Wildman–Crippen LogP) is 0.506. The second kappa shape index (κ2) is 4.58. The summed E-state index contributed by atoms with van der Waals surface area (Å²) >= 11 is 0. The van der Waals surface area contributed by atoms with Crippen molar-refractivity contribution in [1.29, 1.82) is 0 Å². The number of anilines is 1. The van der Waals surface area contributed by atoms with Gasteiger partial charge in [0.2, 0.25) is 0 Å². The van der Waals surface area contributed by atoms with E-state index in [-0.39, 0.29) is 18.4 Å². The van der Waals surface area contributed by atoms with E-state index in [1.807, 2.05) is 6.92 Å². The number of hydrazone groups is 1. The highest BCUT2D eigenvalue weighted by Crippen LogP contribution is 2.23. The third-order valence-corrected chi connectivity index (χ3v) is 2.69. The molecule has 0 bridgehead atoms. The molecule has 1 amide bonds. The molecule has 0 aromatic carbocycles. The lowest BCUT2D eigenvalue weighted by Crippen LogP contribution is -2.28. The first-order valence-corrected chi connectivity index (χ1v) is 5.42. The van der Waals surface area contributed by atoms with Crippen molar-refractivity contribution in [2.45, 2.75) is 20.3 Å². The standard InChI is InChI=1S/C11H14N4O2/c1-7-5-10(13-6-12-7)15-11(17)9(3-4-16)8(2)14-15/h5-6,9,16H,3-4H2,1-2H3. The van der Waals surface area contributed by atoms with Crippen molar-refractivity contribution >= 4 is 17.4 Å². The third-order valence-electron chi connectivity index (χ3n) is 2.69. The van der Waals surface area contributed by atoms with Gasteiger partial charge in [0, 0.05) is 24.1 Å². The van der Waals surface area contributed by atoms with Crippen molar-refractivity contribution in [3.63, 3.8) is 0 Å². The van der Waals surface area contributed by atoms with Gasteiger partial charge in [-0.3, -0.25) is 4.79 Å². The first kappa shape index (κ1) is 11.7. The molecule has 0 aliphatic carbocycles. The van der Waals surface area contributed by atoms with Crippen LogP contribution in [0.3, 0.4) is 0 Å². The molecule has 2 heterocycles. The molecule has 1 unspecified atom stereocenters. The van der Waals surface area contributed by atoms with Crippen molar-refractivity contribution in [1.82, 2.24) is 9.97 Å². The van der Waals surface area contributed by atoms with Gasteiger partial charge >= 0.3 is 0 Å². The SMILES string of the molecule is CC1=NN(c2cc(C)ncn2)C(=O)C1CCO. The van der Waals surface area contributed by atoms with Crippen LogP contribution in [0.1, 0.15) is 19.0 Å². The van der Waals surface area contributed by atoms with E-state index >= 15 is 0 Å². The summed E-state index contributed by atoms with van der Waals surface area (Å²) in [6.45, 7) is 3.58. The largest absolute Gasteiger partial charge is 0.396 e. The predicted molar refractivity (Wildman–Crippen MR) is 62.6 cm³/mol. The number of carbonyl (C=O) groups excluding carboxylic acids is 1. The van der Waals surface area contributed by atoms with Gasteiger partial charge in [-0.25, -0.2) is 9.97 Å². The maximum atomic E-state index is 12.1. The minimum absolute atomic E-state index is 0.0279. The van der Waals surface area contributed by atoms with Gasteiger partial charge in [0.25, 0.3) is 5.91 Å². The minimum Gasteiger partial charge on any atom is -0.396 e. The van der Waals surface area contributed by atoms with Crippen molar-refractivity contribution in [3.8, 4) is 0 Å². The molecule has 0 saturated heterocycles. The molecule has 1 aliphatic rings. The summed E-state index contributed by atoms with van der Waals surface area (Å²) in [4.78, 5) is 20.1. The fourth-order valence-corrected chi connectivity index (χ4v) is 1.78. The monoisotopic (exact) mass is 234 g/mol. The summed E-state index contributed by atoms with van der Waals surface area (Å²) in [5, 5.41) is 14.4. The van der Waals surface area contributed by atoms with Crippen LogP contribution in [0.2, 0.25) is 0 Å². The van der Waals surface area contributed by atoms with Crippen LogP contribution in [0.25, 0.3) is 0 Å². The van der Waals surface area contributed by atoms with Gasteiger partial charge in [0.15, 0.2) is 5.82 Å². The van der Waals surface area contributed by atoms with Gasteiger partial charge in [-0.2, -0.15) is 10.1 Å². The molecule has 1 aromatic heterocycles. The van der Waals surface area contributed by atoms with E-state index in [9.17, 15) is 4.79 Å². The molecule has 17 heavy (non-hydrogen) atoms. The minimum atomic E-state index is -0.338. The zero-order valence-electron chi connectivity index (χ0n) is 9.79. The Labute approximate surface area is 99.0 Å². The van der Waals surface area contributed by atoms with Crippen LogP contribution >= 0.6 is 0 Å². The molecular weight excluding hydrogens is 220 g/mol. The molecule has 2 rings (SSSR count). The van der Waals surface area contributed by atoms with E-state index in [1.165, 1.54) is 11.3 Å². The zero-order valence-corrected chi connectivity index (χ0v) is 9.79. The lowest BCUT2D eigenvalue weighted by atomic mass is 10.0. The second-order valence-electron chi connectivity index (χ2n) is 3.97. The fraction of sp³-hybridized carbons (Fsp3) is 0.455.